The highest BCUT2D eigenvalue weighted by molar-refractivity contribution is 6.99. The fourth-order valence-electron chi connectivity index (χ4n) is 5.00. The molecule has 0 fully saturated rings. The Bertz CT molecular complexity index is 1270. The van der Waals surface area contributed by atoms with Crippen LogP contribution in [0.4, 0.5) is 0 Å². The van der Waals surface area contributed by atoms with E-state index in [0.717, 1.165) is 16.5 Å². The molecule has 0 saturated heterocycles. The van der Waals surface area contributed by atoms with Gasteiger partial charge in [-0.25, -0.2) is 0 Å². The van der Waals surface area contributed by atoms with Gasteiger partial charge >= 0.3 is 0 Å². The molecule has 4 rings (SSSR count). The molecule has 1 N–H and O–H groups in total. The molecular formula is C30H34N2OSi. The van der Waals surface area contributed by atoms with E-state index in [1.54, 1.807) is 0 Å². The van der Waals surface area contributed by atoms with Crippen LogP contribution in [0.25, 0.3) is 10.9 Å². The summed E-state index contributed by atoms with van der Waals surface area (Å²) in [6, 6.07) is 29.6. The van der Waals surface area contributed by atoms with Gasteiger partial charge in [-0.15, -0.1) is 0 Å². The van der Waals surface area contributed by atoms with E-state index in [2.05, 4.69) is 119 Å². The Labute approximate surface area is 204 Å². The molecule has 0 amide bonds. The van der Waals surface area contributed by atoms with Crippen LogP contribution < -0.4 is 10.4 Å². The molecule has 174 valence electrons. The summed E-state index contributed by atoms with van der Waals surface area (Å²) in [5.41, 5.74) is 2.61. The molecular weight excluding hydrogens is 432 g/mol. The maximum absolute atomic E-state index is 9.53. The number of fused-ring (bicyclic) bond motifs is 1. The fourth-order valence-corrected chi connectivity index (χ4v) is 9.85. The van der Waals surface area contributed by atoms with Crippen molar-refractivity contribution in [3.05, 3.63) is 96.2 Å². The Morgan fingerprint density at radius 3 is 1.85 bits per heavy atom. The minimum atomic E-state index is -2.77. The first-order chi connectivity index (χ1) is 16.1. The smallest absolute Gasteiger partial charge is 0.261 e. The van der Waals surface area contributed by atoms with Crippen molar-refractivity contribution >= 4 is 29.6 Å². The van der Waals surface area contributed by atoms with Crippen molar-refractivity contribution in [2.24, 2.45) is 5.41 Å². The van der Waals surface area contributed by atoms with Gasteiger partial charge in [0.25, 0.3) is 8.32 Å². The van der Waals surface area contributed by atoms with Gasteiger partial charge in [0.15, 0.2) is 0 Å². The normalized spacial score (nSPS) is 13.6. The highest BCUT2D eigenvalue weighted by Gasteiger charge is 2.53. The third kappa shape index (κ3) is 4.22. The van der Waals surface area contributed by atoms with Gasteiger partial charge in [-0.3, -0.25) is 0 Å². The van der Waals surface area contributed by atoms with Crippen LogP contribution >= 0.6 is 0 Å². The third-order valence-electron chi connectivity index (χ3n) is 6.62. The van der Waals surface area contributed by atoms with Crippen molar-refractivity contribution in [3.8, 4) is 6.07 Å². The van der Waals surface area contributed by atoms with E-state index < -0.39 is 8.32 Å². The molecule has 4 heteroatoms. The van der Waals surface area contributed by atoms with Crippen molar-refractivity contribution in [1.82, 2.24) is 4.98 Å². The van der Waals surface area contributed by atoms with Crippen LogP contribution in [0.15, 0.2) is 85.1 Å². The molecule has 0 saturated carbocycles. The number of nitrogens with zero attached hydrogens (tertiary/aromatic N) is 1. The lowest BCUT2D eigenvalue weighted by Crippen LogP contribution is -2.67. The summed E-state index contributed by atoms with van der Waals surface area (Å²) in [6.07, 6.45) is 1.89. The summed E-state index contributed by atoms with van der Waals surface area (Å²) in [4.78, 5) is 3.42. The molecule has 1 heterocycles. The van der Waals surface area contributed by atoms with Crippen molar-refractivity contribution in [2.45, 2.75) is 52.7 Å². The zero-order valence-corrected chi connectivity index (χ0v) is 22.0. The van der Waals surface area contributed by atoms with Crippen LogP contribution in [0, 0.1) is 16.7 Å². The standard InChI is InChI=1S/C30H34N2OSi/c1-29(2,3)28(26-21-32-27-18-17-22(20-31)19-25(26)27)33-34(30(4,5)6,23-13-9-7-10-14-23)24-15-11-8-12-16-24/h7-19,21,28,32H,1-6H3. The number of benzene rings is 3. The zero-order chi connectivity index (χ0) is 24.6. The predicted octanol–water partition coefficient (Wildman–Crippen LogP) is 6.70. The van der Waals surface area contributed by atoms with Crippen LogP contribution in [0.1, 0.15) is 58.8 Å². The Balaban J connectivity index is 2.00. The molecule has 34 heavy (non-hydrogen) atoms. The molecule has 3 nitrogen and oxygen atoms in total. The number of hydrogen-bond acceptors (Lipinski definition) is 2. The van der Waals surface area contributed by atoms with Crippen molar-refractivity contribution < 1.29 is 4.43 Å². The monoisotopic (exact) mass is 466 g/mol. The van der Waals surface area contributed by atoms with Gasteiger partial charge < -0.3 is 9.41 Å². The van der Waals surface area contributed by atoms with E-state index in [1.165, 1.54) is 10.4 Å². The Kier molecular flexibility index (Phi) is 6.29. The molecule has 0 radical (unpaired) electrons. The second-order valence-electron chi connectivity index (χ2n) is 11.1. The molecule has 3 aromatic carbocycles. The van der Waals surface area contributed by atoms with Crippen LogP contribution in [-0.2, 0) is 4.43 Å². The number of rotatable bonds is 5. The highest BCUT2D eigenvalue weighted by atomic mass is 28.4. The molecule has 1 aromatic heterocycles. The summed E-state index contributed by atoms with van der Waals surface area (Å²) in [6.45, 7) is 13.6. The Morgan fingerprint density at radius 2 is 1.38 bits per heavy atom. The van der Waals surface area contributed by atoms with Crippen LogP contribution in [0.2, 0.25) is 5.04 Å². The van der Waals surface area contributed by atoms with Gasteiger partial charge in [-0.2, -0.15) is 5.26 Å². The lowest BCUT2D eigenvalue weighted by Gasteiger charge is -2.47. The number of H-pyrrole nitrogens is 1. The molecule has 4 aromatic rings. The van der Waals surface area contributed by atoms with Crippen LogP contribution in [0.3, 0.4) is 0 Å². The topological polar surface area (TPSA) is 48.8 Å². The molecule has 1 atom stereocenters. The summed E-state index contributed by atoms with van der Waals surface area (Å²) in [7, 11) is -2.77. The maximum atomic E-state index is 9.53. The van der Waals surface area contributed by atoms with E-state index in [4.69, 9.17) is 4.43 Å². The molecule has 0 aliphatic heterocycles. The summed E-state index contributed by atoms with van der Waals surface area (Å²) in [5, 5.41) is 13.0. The van der Waals surface area contributed by atoms with Crippen molar-refractivity contribution in [1.29, 1.82) is 5.26 Å². The third-order valence-corrected chi connectivity index (χ3v) is 11.6. The van der Waals surface area contributed by atoms with Gasteiger partial charge in [-0.1, -0.05) is 102 Å². The van der Waals surface area contributed by atoms with Gasteiger partial charge in [0, 0.05) is 22.7 Å². The fraction of sp³-hybridized carbons (Fsp3) is 0.300. The number of aromatic nitrogens is 1. The van der Waals surface area contributed by atoms with Crippen LogP contribution in [0.5, 0.6) is 0 Å². The molecule has 0 aliphatic carbocycles. The van der Waals surface area contributed by atoms with E-state index in [9.17, 15) is 5.26 Å². The van der Waals surface area contributed by atoms with Gasteiger partial charge in [0.2, 0.25) is 0 Å². The van der Waals surface area contributed by atoms with Gasteiger partial charge in [0.05, 0.1) is 17.7 Å². The lowest BCUT2D eigenvalue weighted by molar-refractivity contribution is 0.0781. The maximum Gasteiger partial charge on any atom is 0.261 e. The molecule has 0 bridgehead atoms. The summed E-state index contributed by atoms with van der Waals surface area (Å²) in [5.74, 6) is 0. The highest BCUT2D eigenvalue weighted by Crippen LogP contribution is 2.46. The lowest BCUT2D eigenvalue weighted by atomic mass is 9.84. The first kappa shape index (κ1) is 24.0. The first-order valence-electron chi connectivity index (χ1n) is 11.9. The SMILES string of the molecule is CC(C)(C)C(O[Si](c1ccccc1)(c1ccccc1)C(C)(C)C)c1c[nH]c2ccc(C#N)cc12. The molecule has 1 unspecified atom stereocenters. The number of hydrogen-bond donors (Lipinski definition) is 1. The van der Waals surface area contributed by atoms with Gasteiger partial charge in [0.1, 0.15) is 0 Å². The second-order valence-corrected chi connectivity index (χ2v) is 15.4. The number of nitrogens with one attached hydrogen (secondary N) is 1. The largest absolute Gasteiger partial charge is 0.400 e. The first-order valence-corrected chi connectivity index (χ1v) is 13.8. The predicted molar refractivity (Wildman–Crippen MR) is 144 cm³/mol. The minimum absolute atomic E-state index is 0.122. The summed E-state index contributed by atoms with van der Waals surface area (Å²) < 4.78 is 7.60. The molecule has 0 spiro atoms. The second kappa shape index (κ2) is 8.90. The minimum Gasteiger partial charge on any atom is -0.400 e. The van der Waals surface area contributed by atoms with Crippen LogP contribution in [-0.4, -0.2) is 13.3 Å². The average molecular weight is 467 g/mol. The van der Waals surface area contributed by atoms with Crippen molar-refractivity contribution in [2.75, 3.05) is 0 Å². The number of nitriles is 1. The van der Waals surface area contributed by atoms with Gasteiger partial charge in [-0.05, 0) is 39.0 Å². The summed E-state index contributed by atoms with van der Waals surface area (Å²) >= 11 is 0. The van der Waals surface area contributed by atoms with E-state index in [0.29, 0.717) is 5.56 Å². The Hall–Kier alpha value is -3.13. The van der Waals surface area contributed by atoms with E-state index in [1.807, 2.05) is 18.2 Å². The average Bonchev–Trinajstić information content (AvgIpc) is 3.22. The Morgan fingerprint density at radius 1 is 0.824 bits per heavy atom. The van der Waals surface area contributed by atoms with Crippen molar-refractivity contribution in [3.63, 3.8) is 0 Å². The van der Waals surface area contributed by atoms with E-state index in [-0.39, 0.29) is 16.6 Å². The number of aromatic amines is 1. The quantitative estimate of drug-likeness (QED) is 0.333. The van der Waals surface area contributed by atoms with E-state index >= 15 is 0 Å². The molecule has 0 aliphatic rings. The zero-order valence-electron chi connectivity index (χ0n) is 21.0.